The highest BCUT2D eigenvalue weighted by Gasteiger charge is 2.15. The van der Waals surface area contributed by atoms with Gasteiger partial charge in [-0.2, -0.15) is 0 Å². The number of nitrogens with zero attached hydrogens (tertiary/aromatic N) is 4. The number of thioether (sulfide) groups is 2. The second-order valence-corrected chi connectivity index (χ2v) is 10.4. The number of thiazole rings is 1. The van der Waals surface area contributed by atoms with Crippen LogP contribution in [0.15, 0.2) is 58.0 Å². The molecular weight excluding hydrogens is 458 g/mol. The van der Waals surface area contributed by atoms with Crippen molar-refractivity contribution in [2.24, 2.45) is 0 Å². The maximum Gasteiger partial charge on any atom is 0.234 e. The molecule has 0 bridgehead atoms. The third kappa shape index (κ3) is 5.51. The van der Waals surface area contributed by atoms with E-state index in [9.17, 15) is 4.79 Å². The van der Waals surface area contributed by atoms with Gasteiger partial charge in [-0.1, -0.05) is 62.0 Å². The highest BCUT2D eigenvalue weighted by Crippen LogP contribution is 2.32. The van der Waals surface area contributed by atoms with Gasteiger partial charge in [0.1, 0.15) is 5.82 Å². The summed E-state index contributed by atoms with van der Waals surface area (Å²) in [4.78, 5) is 17.3. The fraction of sp³-hybridized carbons (Fsp3) is 0.304. The summed E-state index contributed by atoms with van der Waals surface area (Å²) in [6, 6.07) is 15.9. The van der Waals surface area contributed by atoms with E-state index < -0.39 is 0 Å². The van der Waals surface area contributed by atoms with Gasteiger partial charge in [-0.05, 0) is 36.8 Å². The summed E-state index contributed by atoms with van der Waals surface area (Å²) in [5.74, 6) is 2.15. The maximum absolute atomic E-state index is 12.6. The SMILES string of the molecule is CCCCSc1nc2ccc(NC(=O)CSc3nnc(CC)n3-c3ccccc3)cc2s1. The van der Waals surface area contributed by atoms with Gasteiger partial charge in [0.15, 0.2) is 9.50 Å². The van der Waals surface area contributed by atoms with Crippen LogP contribution in [-0.4, -0.2) is 37.2 Å². The van der Waals surface area contributed by atoms with Crippen molar-refractivity contribution in [3.8, 4) is 5.69 Å². The van der Waals surface area contributed by atoms with Crippen molar-refractivity contribution in [2.45, 2.75) is 42.6 Å². The summed E-state index contributed by atoms with van der Waals surface area (Å²) < 4.78 is 4.18. The van der Waals surface area contributed by atoms with Crippen LogP contribution < -0.4 is 5.32 Å². The minimum Gasteiger partial charge on any atom is -0.325 e. The van der Waals surface area contributed by atoms with Crippen molar-refractivity contribution in [3.05, 3.63) is 54.4 Å². The molecule has 0 aliphatic heterocycles. The topological polar surface area (TPSA) is 72.7 Å². The van der Waals surface area contributed by atoms with Crippen LogP contribution in [0.2, 0.25) is 0 Å². The summed E-state index contributed by atoms with van der Waals surface area (Å²) in [7, 11) is 0. The van der Waals surface area contributed by atoms with E-state index in [-0.39, 0.29) is 11.7 Å². The zero-order valence-electron chi connectivity index (χ0n) is 18.1. The number of hydrogen-bond acceptors (Lipinski definition) is 7. The molecule has 32 heavy (non-hydrogen) atoms. The average molecular weight is 484 g/mol. The average Bonchev–Trinajstić information content (AvgIpc) is 3.41. The zero-order chi connectivity index (χ0) is 22.3. The first kappa shape index (κ1) is 22.8. The van der Waals surface area contributed by atoms with Crippen molar-refractivity contribution >= 4 is 56.7 Å². The first-order valence-corrected chi connectivity index (χ1v) is 13.4. The van der Waals surface area contributed by atoms with Crippen molar-refractivity contribution in [1.29, 1.82) is 0 Å². The number of hydrogen-bond donors (Lipinski definition) is 1. The Bertz CT molecular complexity index is 1190. The van der Waals surface area contributed by atoms with E-state index in [4.69, 9.17) is 0 Å². The Balaban J connectivity index is 1.40. The number of benzene rings is 2. The van der Waals surface area contributed by atoms with E-state index >= 15 is 0 Å². The lowest BCUT2D eigenvalue weighted by Gasteiger charge is -2.09. The molecule has 0 aliphatic rings. The Kier molecular flexibility index (Phi) is 7.83. The molecule has 0 spiro atoms. The Labute approximate surface area is 200 Å². The molecular formula is C23H25N5OS3. The summed E-state index contributed by atoms with van der Waals surface area (Å²) in [6.45, 7) is 4.24. The molecule has 0 radical (unpaired) electrons. The largest absolute Gasteiger partial charge is 0.325 e. The first-order chi connectivity index (χ1) is 15.7. The summed E-state index contributed by atoms with van der Waals surface area (Å²) in [5.41, 5.74) is 2.76. The Hall–Kier alpha value is -2.36. The third-order valence-corrected chi connectivity index (χ3v) is 7.92. The highest BCUT2D eigenvalue weighted by atomic mass is 32.2. The van der Waals surface area contributed by atoms with Crippen LogP contribution in [0.1, 0.15) is 32.5 Å². The van der Waals surface area contributed by atoms with Crippen molar-refractivity contribution in [3.63, 3.8) is 0 Å². The number of unbranched alkanes of at least 4 members (excludes halogenated alkanes) is 1. The predicted molar refractivity (Wildman–Crippen MR) is 135 cm³/mol. The molecule has 9 heteroatoms. The Morgan fingerprint density at radius 1 is 1.09 bits per heavy atom. The number of aromatic nitrogens is 4. The molecule has 0 saturated heterocycles. The van der Waals surface area contributed by atoms with Crippen LogP contribution in [0.25, 0.3) is 15.9 Å². The summed E-state index contributed by atoms with van der Waals surface area (Å²) in [5, 5.41) is 12.3. The summed E-state index contributed by atoms with van der Waals surface area (Å²) >= 11 is 4.87. The van der Waals surface area contributed by atoms with Gasteiger partial charge < -0.3 is 5.32 Å². The molecule has 0 fully saturated rings. The maximum atomic E-state index is 12.6. The lowest BCUT2D eigenvalue weighted by molar-refractivity contribution is -0.113. The molecule has 166 valence electrons. The van der Waals surface area contributed by atoms with Crippen LogP contribution in [0, 0.1) is 0 Å². The number of amides is 1. The van der Waals surface area contributed by atoms with Crippen molar-refractivity contribution in [1.82, 2.24) is 19.7 Å². The van der Waals surface area contributed by atoms with Crippen LogP contribution in [0.3, 0.4) is 0 Å². The van der Waals surface area contributed by atoms with Gasteiger partial charge in [0.2, 0.25) is 5.91 Å². The predicted octanol–water partition coefficient (Wildman–Crippen LogP) is 6.06. The number of rotatable bonds is 10. The molecule has 1 amide bonds. The molecule has 2 aromatic carbocycles. The summed E-state index contributed by atoms with van der Waals surface area (Å²) in [6.07, 6.45) is 3.15. The molecule has 4 aromatic rings. The molecule has 6 nitrogen and oxygen atoms in total. The van der Waals surface area contributed by atoms with Crippen molar-refractivity contribution in [2.75, 3.05) is 16.8 Å². The second-order valence-electron chi connectivity index (χ2n) is 7.12. The monoisotopic (exact) mass is 483 g/mol. The number of para-hydroxylation sites is 1. The van der Waals surface area contributed by atoms with Gasteiger partial charge in [0.05, 0.1) is 16.0 Å². The first-order valence-electron chi connectivity index (χ1n) is 10.6. The molecule has 1 N–H and O–H groups in total. The Morgan fingerprint density at radius 2 is 1.94 bits per heavy atom. The molecule has 0 atom stereocenters. The van der Waals surface area contributed by atoms with Gasteiger partial charge in [0, 0.05) is 23.5 Å². The van der Waals surface area contributed by atoms with E-state index in [0.717, 1.165) is 49.1 Å². The van der Waals surface area contributed by atoms with E-state index in [1.54, 1.807) is 23.1 Å². The number of anilines is 1. The van der Waals surface area contributed by atoms with E-state index in [0.29, 0.717) is 0 Å². The molecule has 0 saturated carbocycles. The van der Waals surface area contributed by atoms with Gasteiger partial charge >= 0.3 is 0 Å². The number of aryl methyl sites for hydroxylation is 1. The molecule has 0 aliphatic carbocycles. The zero-order valence-corrected chi connectivity index (χ0v) is 20.5. The lowest BCUT2D eigenvalue weighted by atomic mass is 10.3. The Morgan fingerprint density at radius 3 is 2.72 bits per heavy atom. The molecule has 2 aromatic heterocycles. The fourth-order valence-electron chi connectivity index (χ4n) is 3.13. The van der Waals surface area contributed by atoms with Crippen LogP contribution >= 0.6 is 34.9 Å². The van der Waals surface area contributed by atoms with Crippen molar-refractivity contribution < 1.29 is 4.79 Å². The van der Waals surface area contributed by atoms with Crippen LogP contribution in [0.4, 0.5) is 5.69 Å². The minimum absolute atomic E-state index is 0.0722. The standard InChI is InChI=1S/C23H25N5OS3/c1-3-5-13-30-23-25-18-12-11-16(14-19(18)32-23)24-21(29)15-31-22-27-26-20(4-2)28(22)17-9-7-6-8-10-17/h6-12,14H,3-5,13,15H2,1-2H3,(H,24,29). The smallest absolute Gasteiger partial charge is 0.234 e. The third-order valence-electron chi connectivity index (χ3n) is 4.74. The van der Waals surface area contributed by atoms with Gasteiger partial charge in [-0.3, -0.25) is 9.36 Å². The van der Waals surface area contributed by atoms with Gasteiger partial charge in [-0.15, -0.1) is 21.5 Å². The molecule has 2 heterocycles. The highest BCUT2D eigenvalue weighted by molar-refractivity contribution is 8.01. The molecule has 4 rings (SSSR count). The van der Waals surface area contributed by atoms with E-state index in [1.807, 2.05) is 60.0 Å². The second kappa shape index (κ2) is 11.0. The fourth-order valence-corrected chi connectivity index (χ4v) is 6.17. The number of nitrogens with one attached hydrogen (secondary N) is 1. The normalized spacial score (nSPS) is 11.2. The number of carbonyl (C=O) groups is 1. The van der Waals surface area contributed by atoms with Crippen LogP contribution in [-0.2, 0) is 11.2 Å². The van der Waals surface area contributed by atoms with E-state index in [2.05, 4.69) is 27.4 Å². The van der Waals surface area contributed by atoms with Gasteiger partial charge in [0.25, 0.3) is 0 Å². The van der Waals surface area contributed by atoms with E-state index in [1.165, 1.54) is 24.6 Å². The minimum atomic E-state index is -0.0722. The van der Waals surface area contributed by atoms with Gasteiger partial charge in [-0.25, -0.2) is 4.98 Å². The molecule has 0 unspecified atom stereocenters. The van der Waals surface area contributed by atoms with Crippen LogP contribution in [0.5, 0.6) is 0 Å². The number of fused-ring (bicyclic) bond motifs is 1. The quantitative estimate of drug-likeness (QED) is 0.218. The number of carbonyl (C=O) groups excluding carboxylic acids is 1. The lowest BCUT2D eigenvalue weighted by Crippen LogP contribution is -2.14.